The molecule has 0 saturated carbocycles. The van der Waals surface area contributed by atoms with Crippen LogP contribution in [0.2, 0.25) is 0 Å². The first-order valence-corrected chi connectivity index (χ1v) is 9.97. The summed E-state index contributed by atoms with van der Waals surface area (Å²) in [6.45, 7) is 0.806. The molecule has 1 N–H and O–H groups in total. The van der Waals surface area contributed by atoms with E-state index in [1.165, 1.54) is 12.3 Å². The SMILES string of the molecule is N#Cc1cnc2c(-c3cnc(NCc4c(F)ccc5c4CCO5)n4cnnc34)cccn12. The van der Waals surface area contributed by atoms with E-state index in [1.54, 1.807) is 33.6 Å². The average molecular weight is 426 g/mol. The normalized spacial score (nSPS) is 12.6. The van der Waals surface area contributed by atoms with Crippen LogP contribution in [0.15, 0.2) is 49.2 Å². The second kappa shape index (κ2) is 7.02. The summed E-state index contributed by atoms with van der Waals surface area (Å²) in [5.41, 5.74) is 4.57. The predicted octanol–water partition coefficient (Wildman–Crippen LogP) is 3.00. The summed E-state index contributed by atoms with van der Waals surface area (Å²) in [5, 5.41) is 20.8. The molecule has 0 fully saturated rings. The number of hydrogen-bond acceptors (Lipinski definition) is 7. The lowest BCUT2D eigenvalue weighted by molar-refractivity contribution is 0.356. The van der Waals surface area contributed by atoms with Crippen molar-refractivity contribution in [2.75, 3.05) is 11.9 Å². The molecule has 1 aliphatic rings. The van der Waals surface area contributed by atoms with Crippen molar-refractivity contribution in [3.8, 4) is 22.9 Å². The molecule has 6 rings (SSSR count). The lowest BCUT2D eigenvalue weighted by atomic mass is 10.0. The minimum absolute atomic E-state index is 0.249. The Morgan fingerprint density at radius 1 is 1.12 bits per heavy atom. The van der Waals surface area contributed by atoms with Gasteiger partial charge in [0.2, 0.25) is 5.95 Å². The van der Waals surface area contributed by atoms with Gasteiger partial charge in [0.25, 0.3) is 0 Å². The molecule has 0 unspecified atom stereocenters. The van der Waals surface area contributed by atoms with Crippen LogP contribution in [-0.4, -0.2) is 35.6 Å². The summed E-state index contributed by atoms with van der Waals surface area (Å²) in [6.07, 6.45) is 7.22. The molecule has 0 amide bonds. The van der Waals surface area contributed by atoms with Crippen LogP contribution in [0.4, 0.5) is 10.3 Å². The molecule has 0 radical (unpaired) electrons. The first-order valence-electron chi connectivity index (χ1n) is 9.97. The van der Waals surface area contributed by atoms with Crippen molar-refractivity contribution in [3.05, 3.63) is 71.8 Å². The van der Waals surface area contributed by atoms with E-state index < -0.39 is 0 Å². The zero-order valence-electron chi connectivity index (χ0n) is 16.7. The molecule has 9 nitrogen and oxygen atoms in total. The number of hydrogen-bond donors (Lipinski definition) is 1. The minimum atomic E-state index is -0.280. The number of nitrogens with zero attached hydrogens (tertiary/aromatic N) is 7. The van der Waals surface area contributed by atoms with Gasteiger partial charge in [0.1, 0.15) is 35.3 Å². The molecule has 0 atom stereocenters. The van der Waals surface area contributed by atoms with Crippen molar-refractivity contribution in [1.29, 1.82) is 5.26 Å². The maximum atomic E-state index is 14.5. The fraction of sp³-hybridized carbons (Fsp3) is 0.136. The monoisotopic (exact) mass is 426 g/mol. The van der Waals surface area contributed by atoms with Crippen molar-refractivity contribution < 1.29 is 9.13 Å². The van der Waals surface area contributed by atoms with E-state index in [0.717, 1.165) is 16.9 Å². The smallest absolute Gasteiger partial charge is 0.210 e. The molecule has 0 saturated heterocycles. The molecular weight excluding hydrogens is 411 g/mol. The zero-order valence-corrected chi connectivity index (χ0v) is 16.7. The number of nitriles is 1. The van der Waals surface area contributed by atoms with Crippen molar-refractivity contribution >= 4 is 17.2 Å². The number of benzene rings is 1. The van der Waals surface area contributed by atoms with Crippen LogP contribution in [0.3, 0.4) is 0 Å². The van der Waals surface area contributed by atoms with E-state index in [-0.39, 0.29) is 12.4 Å². The Morgan fingerprint density at radius 2 is 2.06 bits per heavy atom. The summed E-state index contributed by atoms with van der Waals surface area (Å²) in [4.78, 5) is 8.93. The predicted molar refractivity (Wildman–Crippen MR) is 113 cm³/mol. The van der Waals surface area contributed by atoms with Gasteiger partial charge >= 0.3 is 0 Å². The molecule has 32 heavy (non-hydrogen) atoms. The standard InChI is InChI=1S/C22H15FN8O/c23-18-3-4-19-14(5-7-32-19)16(18)10-26-22-27-11-17(21-29-28-12-31(21)22)15-2-1-6-30-13(8-24)9-25-20(15)30/h1-4,6,9,11-12H,5,7,10H2,(H,26,27). The summed E-state index contributed by atoms with van der Waals surface area (Å²) in [6, 6.07) is 8.95. The maximum absolute atomic E-state index is 14.5. The Hall–Kier alpha value is -4.52. The van der Waals surface area contributed by atoms with Gasteiger partial charge in [-0.15, -0.1) is 10.2 Å². The molecule has 0 spiro atoms. The van der Waals surface area contributed by atoms with Crippen LogP contribution < -0.4 is 10.1 Å². The summed E-state index contributed by atoms with van der Waals surface area (Å²) in [5.74, 6) is 0.931. The van der Waals surface area contributed by atoms with E-state index in [2.05, 4.69) is 31.6 Å². The third-order valence-corrected chi connectivity index (χ3v) is 5.64. The highest BCUT2D eigenvalue weighted by Gasteiger charge is 2.20. The molecule has 156 valence electrons. The van der Waals surface area contributed by atoms with Crippen LogP contribution in [0.25, 0.3) is 22.4 Å². The van der Waals surface area contributed by atoms with Crippen molar-refractivity contribution in [2.45, 2.75) is 13.0 Å². The van der Waals surface area contributed by atoms with Gasteiger partial charge in [-0.05, 0) is 24.3 Å². The number of fused-ring (bicyclic) bond motifs is 3. The number of imidazole rings is 1. The van der Waals surface area contributed by atoms with E-state index in [0.29, 0.717) is 47.1 Å². The zero-order chi connectivity index (χ0) is 21.7. The number of pyridine rings is 1. The van der Waals surface area contributed by atoms with Crippen molar-refractivity contribution in [2.24, 2.45) is 0 Å². The van der Waals surface area contributed by atoms with E-state index in [1.807, 2.05) is 12.1 Å². The Kier molecular flexibility index (Phi) is 4.01. The lowest BCUT2D eigenvalue weighted by Crippen LogP contribution is -2.09. The molecular formula is C22H15FN8O. The summed E-state index contributed by atoms with van der Waals surface area (Å²) >= 11 is 0. The van der Waals surface area contributed by atoms with Gasteiger partial charge in [-0.2, -0.15) is 5.26 Å². The number of aromatic nitrogens is 6. The van der Waals surface area contributed by atoms with Crippen LogP contribution in [-0.2, 0) is 13.0 Å². The Morgan fingerprint density at radius 3 is 2.97 bits per heavy atom. The molecule has 1 aliphatic heterocycles. The van der Waals surface area contributed by atoms with Gasteiger partial charge in [-0.3, -0.25) is 8.80 Å². The average Bonchev–Trinajstić information content (AvgIpc) is 3.57. The highest BCUT2D eigenvalue weighted by atomic mass is 19.1. The summed E-state index contributed by atoms with van der Waals surface area (Å²) in [7, 11) is 0. The Labute approximate surface area is 180 Å². The van der Waals surface area contributed by atoms with Crippen molar-refractivity contribution in [3.63, 3.8) is 0 Å². The number of halogens is 1. The molecule has 10 heteroatoms. The molecule has 0 bridgehead atoms. The Bertz CT molecular complexity index is 1550. The van der Waals surface area contributed by atoms with Crippen molar-refractivity contribution in [1.82, 2.24) is 29.0 Å². The largest absolute Gasteiger partial charge is 0.493 e. The number of ether oxygens (including phenoxy) is 1. The van der Waals surface area contributed by atoms with Crippen LogP contribution >= 0.6 is 0 Å². The highest BCUT2D eigenvalue weighted by Crippen LogP contribution is 2.31. The molecule has 4 aromatic heterocycles. The number of rotatable bonds is 4. The number of anilines is 1. The van der Waals surface area contributed by atoms with E-state index in [4.69, 9.17) is 4.74 Å². The second-order valence-corrected chi connectivity index (χ2v) is 7.35. The highest BCUT2D eigenvalue weighted by molar-refractivity contribution is 5.86. The minimum Gasteiger partial charge on any atom is -0.493 e. The fourth-order valence-electron chi connectivity index (χ4n) is 4.12. The third-order valence-electron chi connectivity index (χ3n) is 5.64. The van der Waals surface area contributed by atoms with Gasteiger partial charge < -0.3 is 10.1 Å². The Balaban J connectivity index is 1.40. The molecule has 0 aliphatic carbocycles. The fourth-order valence-corrected chi connectivity index (χ4v) is 4.12. The van der Waals surface area contributed by atoms with Crippen LogP contribution in [0.5, 0.6) is 5.75 Å². The lowest BCUT2D eigenvalue weighted by Gasteiger charge is -2.13. The van der Waals surface area contributed by atoms with E-state index >= 15 is 0 Å². The quantitative estimate of drug-likeness (QED) is 0.471. The number of nitrogens with one attached hydrogen (secondary N) is 1. The van der Waals surface area contributed by atoms with Gasteiger partial charge in [0.15, 0.2) is 5.65 Å². The van der Waals surface area contributed by atoms with Crippen LogP contribution in [0.1, 0.15) is 16.8 Å². The van der Waals surface area contributed by atoms with E-state index in [9.17, 15) is 9.65 Å². The molecule has 5 aromatic rings. The topological polar surface area (TPSA) is 105 Å². The van der Waals surface area contributed by atoms with Gasteiger partial charge in [-0.1, -0.05) is 0 Å². The second-order valence-electron chi connectivity index (χ2n) is 7.35. The van der Waals surface area contributed by atoms with Gasteiger partial charge in [0, 0.05) is 47.6 Å². The third kappa shape index (κ3) is 2.68. The summed E-state index contributed by atoms with van der Waals surface area (Å²) < 4.78 is 23.5. The molecule has 1 aromatic carbocycles. The molecule has 5 heterocycles. The first kappa shape index (κ1) is 18.3. The van der Waals surface area contributed by atoms with Gasteiger partial charge in [-0.25, -0.2) is 14.4 Å². The first-order chi connectivity index (χ1) is 15.7. The van der Waals surface area contributed by atoms with Crippen LogP contribution in [0, 0.1) is 17.1 Å². The van der Waals surface area contributed by atoms with Gasteiger partial charge in [0.05, 0.1) is 12.8 Å². The maximum Gasteiger partial charge on any atom is 0.210 e.